The Labute approximate surface area is 177 Å². The fraction of sp³-hybridized carbons (Fsp3) is 0.304. The van der Waals surface area contributed by atoms with Gasteiger partial charge in [-0.15, -0.1) is 0 Å². The predicted molar refractivity (Wildman–Crippen MR) is 119 cm³/mol. The van der Waals surface area contributed by atoms with Gasteiger partial charge in [-0.2, -0.15) is 0 Å². The summed E-state index contributed by atoms with van der Waals surface area (Å²) in [4.78, 5) is 16.5. The molecule has 1 aromatic heterocycles. The molecule has 2 aromatic rings. The standard InChI is InChI=1S/C23H27ClN4O/c1-5-20(22(27-16(3)29)23-15(2)26-14-28(23)4)21-13-18(24)10-9-17(21)12-19-8-6-7-11-25-19/h5-11,13-14,19,22,25H,12H2,1-4H3,(H,27,29)/b20-5+/t19?,22-/m1/s1. The molecule has 2 N–H and O–H groups in total. The summed E-state index contributed by atoms with van der Waals surface area (Å²) in [6.07, 6.45) is 12.8. The van der Waals surface area contributed by atoms with Crippen LogP contribution in [0, 0.1) is 6.92 Å². The molecule has 1 aliphatic heterocycles. The highest BCUT2D eigenvalue weighted by Crippen LogP contribution is 2.35. The van der Waals surface area contributed by atoms with Gasteiger partial charge in [-0.05, 0) is 61.4 Å². The highest BCUT2D eigenvalue weighted by molar-refractivity contribution is 6.30. The average Bonchev–Trinajstić information content (AvgIpc) is 3.02. The van der Waals surface area contributed by atoms with Crippen molar-refractivity contribution in [2.45, 2.75) is 39.3 Å². The summed E-state index contributed by atoms with van der Waals surface area (Å²) in [6.45, 7) is 5.48. The normalized spacial score (nSPS) is 17.1. The maximum Gasteiger partial charge on any atom is 0.217 e. The van der Waals surface area contributed by atoms with Gasteiger partial charge in [0.1, 0.15) is 0 Å². The summed E-state index contributed by atoms with van der Waals surface area (Å²) < 4.78 is 1.96. The number of hydrogen-bond donors (Lipinski definition) is 2. The highest BCUT2D eigenvalue weighted by Gasteiger charge is 2.26. The van der Waals surface area contributed by atoms with Crippen LogP contribution < -0.4 is 10.6 Å². The molecule has 0 saturated carbocycles. The van der Waals surface area contributed by atoms with Crippen LogP contribution in [-0.2, 0) is 18.3 Å². The first-order valence-corrected chi connectivity index (χ1v) is 10.1. The SMILES string of the molecule is C/C=C(\c1cc(Cl)ccc1CC1C=CC=CN1)[C@@H](NC(C)=O)c1c(C)ncn1C. The first-order valence-electron chi connectivity index (χ1n) is 9.70. The van der Waals surface area contributed by atoms with Gasteiger partial charge in [-0.3, -0.25) is 4.79 Å². The number of halogens is 1. The molecule has 1 aliphatic rings. The van der Waals surface area contributed by atoms with E-state index in [0.717, 1.165) is 34.5 Å². The Morgan fingerprint density at radius 2 is 2.21 bits per heavy atom. The van der Waals surface area contributed by atoms with E-state index in [-0.39, 0.29) is 18.0 Å². The molecule has 0 radical (unpaired) electrons. The third-order valence-electron chi connectivity index (χ3n) is 5.10. The first kappa shape index (κ1) is 20.9. The fourth-order valence-electron chi connectivity index (χ4n) is 3.79. The lowest BCUT2D eigenvalue weighted by molar-refractivity contribution is -0.119. The Kier molecular flexibility index (Phi) is 6.60. The van der Waals surface area contributed by atoms with Gasteiger partial charge in [0.15, 0.2) is 0 Å². The number of dihydropyridines is 1. The quantitative estimate of drug-likeness (QED) is 0.748. The highest BCUT2D eigenvalue weighted by atomic mass is 35.5. The Bertz CT molecular complexity index is 967. The number of carbonyl (C=O) groups is 1. The minimum absolute atomic E-state index is 0.0967. The lowest BCUT2D eigenvalue weighted by atomic mass is 9.88. The second-order valence-corrected chi connectivity index (χ2v) is 7.66. The van der Waals surface area contributed by atoms with Crippen molar-refractivity contribution in [1.29, 1.82) is 0 Å². The maximum absolute atomic E-state index is 12.1. The van der Waals surface area contributed by atoms with Crippen LogP contribution in [0.4, 0.5) is 0 Å². The number of aryl methyl sites for hydroxylation is 2. The van der Waals surface area contributed by atoms with Gasteiger partial charge < -0.3 is 15.2 Å². The monoisotopic (exact) mass is 410 g/mol. The van der Waals surface area contributed by atoms with E-state index in [1.165, 1.54) is 6.92 Å². The lowest BCUT2D eigenvalue weighted by Crippen LogP contribution is -2.30. The zero-order valence-corrected chi connectivity index (χ0v) is 18.0. The van der Waals surface area contributed by atoms with Crippen LogP contribution in [0.2, 0.25) is 5.02 Å². The number of carbonyl (C=O) groups excluding carboxylic acids is 1. The molecule has 0 spiro atoms. The zero-order chi connectivity index (χ0) is 21.0. The van der Waals surface area contributed by atoms with Gasteiger partial charge in [0.2, 0.25) is 5.91 Å². The van der Waals surface area contributed by atoms with E-state index >= 15 is 0 Å². The van der Waals surface area contributed by atoms with E-state index < -0.39 is 0 Å². The topological polar surface area (TPSA) is 58.9 Å². The average molecular weight is 411 g/mol. The third-order valence-corrected chi connectivity index (χ3v) is 5.34. The molecule has 0 aliphatic carbocycles. The fourth-order valence-corrected chi connectivity index (χ4v) is 3.96. The molecule has 0 bridgehead atoms. The van der Waals surface area contributed by atoms with Gasteiger partial charge >= 0.3 is 0 Å². The number of aromatic nitrogens is 2. The van der Waals surface area contributed by atoms with E-state index in [4.69, 9.17) is 11.6 Å². The molecular weight excluding hydrogens is 384 g/mol. The molecule has 0 fully saturated rings. The molecule has 1 unspecified atom stereocenters. The van der Waals surface area contributed by atoms with Crippen molar-refractivity contribution in [2.75, 3.05) is 0 Å². The Hall–Kier alpha value is -2.79. The Morgan fingerprint density at radius 1 is 1.41 bits per heavy atom. The van der Waals surface area contributed by atoms with Gasteiger partial charge in [0, 0.05) is 25.0 Å². The summed E-state index contributed by atoms with van der Waals surface area (Å²) in [7, 11) is 1.94. The number of benzene rings is 1. The molecule has 2 atom stereocenters. The molecule has 3 rings (SSSR count). The van der Waals surface area contributed by atoms with Crippen molar-refractivity contribution in [2.24, 2.45) is 7.05 Å². The number of rotatable bonds is 6. The third kappa shape index (κ3) is 4.80. The second kappa shape index (κ2) is 9.14. The zero-order valence-electron chi connectivity index (χ0n) is 17.2. The van der Waals surface area contributed by atoms with Crippen molar-refractivity contribution in [3.8, 4) is 0 Å². The summed E-state index contributed by atoms with van der Waals surface area (Å²) in [5.74, 6) is -0.0967. The minimum Gasteiger partial charge on any atom is -0.384 e. The second-order valence-electron chi connectivity index (χ2n) is 7.23. The summed E-state index contributed by atoms with van der Waals surface area (Å²) in [6, 6.07) is 5.84. The van der Waals surface area contributed by atoms with Crippen LogP contribution in [-0.4, -0.2) is 21.5 Å². The molecule has 6 heteroatoms. The molecule has 5 nitrogen and oxygen atoms in total. The number of imidazole rings is 1. The number of nitrogens with one attached hydrogen (secondary N) is 2. The summed E-state index contributed by atoms with van der Waals surface area (Å²) in [5, 5.41) is 7.15. The predicted octanol–water partition coefficient (Wildman–Crippen LogP) is 4.25. The largest absolute Gasteiger partial charge is 0.384 e. The molecule has 0 saturated heterocycles. The maximum atomic E-state index is 12.1. The number of nitrogens with zero attached hydrogens (tertiary/aromatic N) is 2. The van der Waals surface area contributed by atoms with Gasteiger partial charge in [-0.25, -0.2) is 4.98 Å². The molecule has 1 aromatic carbocycles. The molecule has 1 amide bonds. The number of allylic oxidation sites excluding steroid dienone is 3. The van der Waals surface area contributed by atoms with Crippen molar-refractivity contribution < 1.29 is 4.79 Å². The Morgan fingerprint density at radius 3 is 2.79 bits per heavy atom. The van der Waals surface area contributed by atoms with Crippen LogP contribution >= 0.6 is 11.6 Å². The van der Waals surface area contributed by atoms with Crippen LogP contribution in [0.5, 0.6) is 0 Å². The van der Waals surface area contributed by atoms with Gasteiger partial charge in [0.25, 0.3) is 0 Å². The lowest BCUT2D eigenvalue weighted by Gasteiger charge is -2.26. The van der Waals surface area contributed by atoms with Crippen LogP contribution in [0.3, 0.4) is 0 Å². The molecular formula is C23H27ClN4O. The molecule has 2 heterocycles. The number of amides is 1. The van der Waals surface area contributed by atoms with Crippen LogP contribution in [0.15, 0.2) is 55.0 Å². The van der Waals surface area contributed by atoms with Crippen molar-refractivity contribution in [3.05, 3.63) is 82.6 Å². The first-order chi connectivity index (χ1) is 13.9. The van der Waals surface area contributed by atoms with Crippen molar-refractivity contribution in [3.63, 3.8) is 0 Å². The summed E-state index contributed by atoms with van der Waals surface area (Å²) >= 11 is 6.39. The minimum atomic E-state index is -0.322. The Balaban J connectivity index is 2.07. The van der Waals surface area contributed by atoms with E-state index in [9.17, 15) is 4.79 Å². The van der Waals surface area contributed by atoms with Crippen LogP contribution in [0.25, 0.3) is 5.57 Å². The van der Waals surface area contributed by atoms with E-state index in [2.05, 4.69) is 27.8 Å². The van der Waals surface area contributed by atoms with Crippen molar-refractivity contribution >= 4 is 23.1 Å². The molecule has 29 heavy (non-hydrogen) atoms. The molecule has 152 valence electrons. The van der Waals surface area contributed by atoms with Gasteiger partial charge in [-0.1, -0.05) is 35.9 Å². The van der Waals surface area contributed by atoms with E-state index in [0.29, 0.717) is 5.02 Å². The summed E-state index contributed by atoms with van der Waals surface area (Å²) in [5.41, 5.74) is 5.04. The number of hydrogen-bond acceptors (Lipinski definition) is 3. The smallest absolute Gasteiger partial charge is 0.217 e. The van der Waals surface area contributed by atoms with E-state index in [1.807, 2.05) is 62.0 Å². The van der Waals surface area contributed by atoms with Crippen molar-refractivity contribution in [1.82, 2.24) is 20.2 Å². The van der Waals surface area contributed by atoms with Crippen LogP contribution in [0.1, 0.15) is 42.4 Å². The van der Waals surface area contributed by atoms with Gasteiger partial charge in [0.05, 0.1) is 23.8 Å². The van der Waals surface area contributed by atoms with E-state index in [1.54, 1.807) is 6.33 Å².